The van der Waals surface area contributed by atoms with E-state index in [1.165, 1.54) is 60.7 Å². The average molecular weight is 1100 g/mol. The second-order valence-corrected chi connectivity index (χ2v) is 30.0. The van der Waals surface area contributed by atoms with Crippen molar-refractivity contribution in [1.82, 2.24) is 14.9 Å². The van der Waals surface area contributed by atoms with E-state index in [1.54, 1.807) is 49.4 Å². The molecule has 5 aromatic carbocycles. The molecule has 1 atom stereocenters. The number of carbonyl (C=O) groups excluding carboxylic acids is 2. The third kappa shape index (κ3) is 11.9. The van der Waals surface area contributed by atoms with E-state index in [0.29, 0.717) is 51.0 Å². The number of benzene rings is 5. The highest BCUT2D eigenvalue weighted by atomic mass is 32.2. The Kier molecular flexibility index (Phi) is 16.3. The number of aromatic hydroxyl groups is 1. The molecule has 2 aromatic heterocycles. The maximum atomic E-state index is 14.4. The molecule has 20 heteroatoms. The Hall–Kier alpha value is -6.84. The van der Waals surface area contributed by atoms with Crippen molar-refractivity contribution in [2.75, 3.05) is 42.3 Å². The van der Waals surface area contributed by atoms with Crippen LogP contribution in [0.1, 0.15) is 83.5 Å². The van der Waals surface area contributed by atoms with Crippen molar-refractivity contribution in [2.45, 2.75) is 85.1 Å². The number of aromatic nitrogens is 2. The largest absolute Gasteiger partial charge is 0.506 e. The third-order valence-electron chi connectivity index (χ3n) is 14.1. The van der Waals surface area contributed by atoms with Crippen LogP contribution in [0, 0.1) is 6.92 Å². The molecule has 1 unspecified atom stereocenters. The van der Waals surface area contributed by atoms with Crippen LogP contribution in [-0.2, 0) is 18.3 Å². The van der Waals surface area contributed by atoms with Crippen molar-refractivity contribution in [1.29, 1.82) is 0 Å². The van der Waals surface area contributed by atoms with Crippen LogP contribution in [0.5, 0.6) is 11.5 Å². The molecule has 1 saturated heterocycles. The Bertz CT molecular complexity index is 3530. The minimum absolute atomic E-state index is 0.0519. The number of nitrogens with two attached hydrogens (primary N) is 1. The topological polar surface area (TPSA) is 243 Å². The van der Waals surface area contributed by atoms with Crippen molar-refractivity contribution >= 4 is 98.5 Å². The normalized spacial score (nSPS) is 14.1. The van der Waals surface area contributed by atoms with E-state index in [1.807, 2.05) is 47.8 Å². The van der Waals surface area contributed by atoms with E-state index in [0.717, 1.165) is 29.9 Å². The summed E-state index contributed by atoms with van der Waals surface area (Å²) in [7, 11) is -5.16. The summed E-state index contributed by atoms with van der Waals surface area (Å²) in [6.07, 6.45) is 1.70. The summed E-state index contributed by atoms with van der Waals surface area (Å²) in [4.78, 5) is 60.0. The number of nitrogens with zero attached hydrogens (tertiary/aromatic N) is 2. The first-order valence-corrected chi connectivity index (χ1v) is 31.1. The number of hydrogen-bond acceptors (Lipinski definition) is 13. The molecular weight excluding hydrogens is 1040 g/mol. The van der Waals surface area contributed by atoms with Gasteiger partial charge in [-0.25, -0.2) is 13.2 Å². The van der Waals surface area contributed by atoms with E-state index in [-0.39, 0.29) is 65.6 Å². The number of sulfone groups is 1. The number of carbonyl (C=O) groups is 3. The Morgan fingerprint density at radius 1 is 0.908 bits per heavy atom. The molecule has 1 fully saturated rings. The van der Waals surface area contributed by atoms with Crippen LogP contribution in [-0.4, -0.2) is 91.4 Å². The monoisotopic (exact) mass is 1100 g/mol. The molecular formula is C56H62N6O10S3Si. The van der Waals surface area contributed by atoms with Crippen molar-refractivity contribution in [2.24, 2.45) is 5.73 Å². The number of methoxy groups -OCH3 is 1. The van der Waals surface area contributed by atoms with Gasteiger partial charge in [0.25, 0.3) is 11.8 Å². The quantitative estimate of drug-likeness (QED) is 0.0326. The Morgan fingerprint density at radius 3 is 2.32 bits per heavy atom. The van der Waals surface area contributed by atoms with Gasteiger partial charge in [0.2, 0.25) is 15.4 Å². The number of amides is 3. The SMILES string of the molecule is COc1cccc(Nc2c(C(N)=O)cnc3c(C)cc(S(=O)(=O)c4cccc(C(=O)Nc5ccc(C6(CCCCN(CC(O[Si](C)(C)C(C)(C)C)c7ccc(O)c8[nH]c(=O)ccc78)C(=O)O)SCCS6)cc5)c4)cc23)c1. The van der Waals surface area contributed by atoms with Gasteiger partial charge < -0.3 is 45.6 Å². The van der Waals surface area contributed by atoms with Crippen LogP contribution in [0.15, 0.2) is 130 Å². The van der Waals surface area contributed by atoms with Crippen LogP contribution >= 0.6 is 23.5 Å². The smallest absolute Gasteiger partial charge is 0.407 e. The lowest BCUT2D eigenvalue weighted by atomic mass is 10.0. The summed E-state index contributed by atoms with van der Waals surface area (Å²) >= 11 is 3.69. The molecule has 7 N–H and O–H groups in total. The van der Waals surface area contributed by atoms with E-state index in [2.05, 4.69) is 54.5 Å². The van der Waals surface area contributed by atoms with Gasteiger partial charge >= 0.3 is 6.09 Å². The standard InChI is InChI=1S/C56H62N6O10S3Si/c1-34-28-41(31-44-49(34)58-32-45(52(57)65)50(44)59-38-13-11-14-39(30-38)71-5)75(69,70)40-15-10-12-35(29-40)53(66)60-37-18-16-36(17-19-37)56(73-26-27-74-56)24-8-9-25-62(54(67)68)33-47(72-76(6,7)55(2,3)4)42-20-22-46(63)51-43(42)21-23-48(64)61-51/h10-23,28-32,47,63H,8-9,24-27,33H2,1-7H3,(H2,57,65)(H,58,59)(H,60,66)(H,61,64)(H,67,68). The van der Waals surface area contributed by atoms with Crippen LogP contribution in [0.25, 0.3) is 21.8 Å². The zero-order valence-corrected chi connectivity index (χ0v) is 46.8. The number of anilines is 3. The molecule has 0 saturated carbocycles. The zero-order valence-electron chi connectivity index (χ0n) is 43.4. The number of rotatable bonds is 19. The van der Waals surface area contributed by atoms with Gasteiger partial charge in [0, 0.05) is 64.1 Å². The molecule has 0 radical (unpaired) electrons. The lowest BCUT2D eigenvalue weighted by molar-refractivity contribution is 0.0997. The van der Waals surface area contributed by atoms with Gasteiger partial charge in [-0.15, -0.1) is 23.5 Å². The number of nitrogens with one attached hydrogen (secondary N) is 3. The fourth-order valence-corrected chi connectivity index (χ4v) is 15.1. The number of hydrogen-bond donors (Lipinski definition) is 6. The minimum Gasteiger partial charge on any atom is -0.506 e. The van der Waals surface area contributed by atoms with Gasteiger partial charge in [-0.3, -0.25) is 19.4 Å². The van der Waals surface area contributed by atoms with Gasteiger partial charge in [0.15, 0.2) is 8.32 Å². The lowest BCUT2D eigenvalue weighted by Gasteiger charge is -2.40. The highest BCUT2D eigenvalue weighted by Crippen LogP contribution is 2.55. The molecule has 3 amide bonds. The fraction of sp³-hybridized carbons (Fsp3) is 0.304. The molecule has 0 spiro atoms. The maximum Gasteiger partial charge on any atom is 0.407 e. The summed E-state index contributed by atoms with van der Waals surface area (Å²) in [5, 5.41) is 28.1. The number of thioether (sulfide) groups is 2. The van der Waals surface area contributed by atoms with Crippen LogP contribution in [0.2, 0.25) is 18.1 Å². The van der Waals surface area contributed by atoms with Gasteiger partial charge in [-0.2, -0.15) is 0 Å². The van der Waals surface area contributed by atoms with Crippen molar-refractivity contribution in [3.63, 3.8) is 0 Å². The number of carboxylic acid groups (broad SMARTS) is 1. The third-order valence-corrected chi connectivity index (χ3v) is 23.9. The number of aromatic amines is 1. The van der Waals surface area contributed by atoms with Crippen molar-refractivity contribution < 1.29 is 42.2 Å². The summed E-state index contributed by atoms with van der Waals surface area (Å²) in [5.74, 6) is 1.09. The van der Waals surface area contributed by atoms with Crippen LogP contribution in [0.3, 0.4) is 0 Å². The Morgan fingerprint density at radius 2 is 1.63 bits per heavy atom. The van der Waals surface area contributed by atoms with E-state index in [9.17, 15) is 37.8 Å². The first kappa shape index (κ1) is 55.4. The average Bonchev–Trinajstić information content (AvgIpc) is 3.87. The minimum atomic E-state index is -4.22. The van der Waals surface area contributed by atoms with E-state index >= 15 is 0 Å². The molecule has 0 bridgehead atoms. The van der Waals surface area contributed by atoms with E-state index < -0.39 is 42.2 Å². The number of fused-ring (bicyclic) bond motifs is 2. The first-order chi connectivity index (χ1) is 36.0. The van der Waals surface area contributed by atoms with Crippen LogP contribution in [0.4, 0.5) is 21.9 Å². The van der Waals surface area contributed by atoms with Crippen molar-refractivity contribution in [3.05, 3.63) is 154 Å². The van der Waals surface area contributed by atoms with Gasteiger partial charge in [-0.05, 0) is 128 Å². The number of ether oxygens (including phenoxy) is 1. The molecule has 1 aliphatic heterocycles. The Balaban J connectivity index is 0.954. The fourth-order valence-electron chi connectivity index (χ4n) is 9.03. The second-order valence-electron chi connectivity index (χ2n) is 20.3. The predicted molar refractivity (Wildman–Crippen MR) is 305 cm³/mol. The number of H-pyrrole nitrogens is 1. The summed E-state index contributed by atoms with van der Waals surface area (Å²) in [5.41, 5.74) is 9.98. The number of phenols is 1. The van der Waals surface area contributed by atoms with Crippen molar-refractivity contribution in [3.8, 4) is 11.5 Å². The van der Waals surface area contributed by atoms with E-state index in [4.69, 9.17) is 14.9 Å². The number of primary amides is 1. The number of unbranched alkanes of at least 4 members (excludes halogenated alkanes) is 1. The summed E-state index contributed by atoms with van der Waals surface area (Å²) in [6.45, 7) is 12.6. The molecule has 7 aromatic rings. The zero-order chi connectivity index (χ0) is 54.7. The van der Waals surface area contributed by atoms with Gasteiger partial charge in [0.05, 0.1) is 55.9 Å². The number of aryl methyl sites for hydroxylation is 1. The molecule has 8 rings (SSSR count). The van der Waals surface area contributed by atoms with Gasteiger partial charge in [-0.1, -0.05) is 51.1 Å². The van der Waals surface area contributed by atoms with Gasteiger partial charge in [0.1, 0.15) is 11.5 Å². The molecule has 0 aliphatic carbocycles. The molecule has 76 heavy (non-hydrogen) atoms. The highest BCUT2D eigenvalue weighted by Gasteiger charge is 2.41. The molecule has 1 aliphatic rings. The summed E-state index contributed by atoms with van der Waals surface area (Å²) in [6, 6.07) is 29.7. The number of pyridine rings is 2. The lowest BCUT2D eigenvalue weighted by Crippen LogP contribution is -2.45. The highest BCUT2D eigenvalue weighted by molar-refractivity contribution is 8.20. The van der Waals surface area contributed by atoms with Crippen LogP contribution < -0.4 is 26.7 Å². The predicted octanol–water partition coefficient (Wildman–Crippen LogP) is 11.6. The number of phenolic OH excluding ortho intramolecular Hbond substituents is 1. The summed E-state index contributed by atoms with van der Waals surface area (Å²) < 4.78 is 40.8. The molecule has 3 heterocycles. The molecule has 16 nitrogen and oxygen atoms in total. The maximum absolute atomic E-state index is 14.4. The first-order valence-electron chi connectivity index (χ1n) is 24.7. The molecule has 398 valence electrons. The Labute approximate surface area is 451 Å². The second kappa shape index (κ2) is 22.4.